The van der Waals surface area contributed by atoms with Crippen LogP contribution in [0.5, 0.6) is 0 Å². The molecule has 1 aliphatic rings. The molecule has 126 valence electrons. The maximum atomic E-state index is 13.8. The molecule has 0 bridgehead atoms. The van der Waals surface area contributed by atoms with Crippen molar-refractivity contribution in [2.45, 2.75) is 12.3 Å². The number of amides is 1. The summed E-state index contributed by atoms with van der Waals surface area (Å²) < 4.78 is 38.9. The zero-order chi connectivity index (χ0) is 17.3. The van der Waals surface area contributed by atoms with Crippen molar-refractivity contribution in [3.8, 4) is 0 Å². The van der Waals surface area contributed by atoms with E-state index in [0.717, 1.165) is 6.26 Å². The molecular weight excluding hydrogens is 331 g/mol. The van der Waals surface area contributed by atoms with E-state index in [1.807, 2.05) is 0 Å². The van der Waals surface area contributed by atoms with Crippen LogP contribution in [0.3, 0.4) is 0 Å². The van der Waals surface area contributed by atoms with Crippen LogP contribution in [-0.4, -0.2) is 20.6 Å². The molecule has 1 saturated carbocycles. The van der Waals surface area contributed by atoms with Crippen molar-refractivity contribution in [2.75, 3.05) is 16.3 Å². The lowest BCUT2D eigenvalue weighted by molar-refractivity contribution is -0.117. The number of hydrogen-bond acceptors (Lipinski definition) is 3. The van der Waals surface area contributed by atoms with Gasteiger partial charge in [-0.15, -0.1) is 0 Å². The minimum absolute atomic E-state index is 0.138. The Hall–Kier alpha value is -2.41. The quantitative estimate of drug-likeness (QED) is 0.872. The average Bonchev–Trinajstić information content (AvgIpc) is 3.29. The summed E-state index contributed by atoms with van der Waals surface area (Å²) in [6.07, 6.45) is 1.62. The Balaban J connectivity index is 1.72. The first kappa shape index (κ1) is 16.4. The van der Waals surface area contributed by atoms with Gasteiger partial charge in [-0.05, 0) is 36.1 Å². The Labute approximate surface area is 139 Å². The first-order chi connectivity index (χ1) is 11.3. The lowest BCUT2D eigenvalue weighted by atomic mass is 10.1. The Morgan fingerprint density at radius 1 is 1.08 bits per heavy atom. The lowest BCUT2D eigenvalue weighted by Crippen LogP contribution is -2.17. The molecule has 0 radical (unpaired) electrons. The molecule has 24 heavy (non-hydrogen) atoms. The SMILES string of the molecule is CS(=O)(=O)Nc1ccccc1NC(=O)C1CC1c1ccccc1F. The van der Waals surface area contributed by atoms with Gasteiger partial charge in [0.05, 0.1) is 17.6 Å². The smallest absolute Gasteiger partial charge is 0.229 e. The number of carbonyl (C=O) groups is 1. The molecule has 2 unspecified atom stereocenters. The zero-order valence-corrected chi connectivity index (χ0v) is 13.8. The summed E-state index contributed by atoms with van der Waals surface area (Å²) >= 11 is 0. The van der Waals surface area contributed by atoms with E-state index >= 15 is 0 Å². The number of para-hydroxylation sites is 2. The van der Waals surface area contributed by atoms with Crippen molar-refractivity contribution < 1.29 is 17.6 Å². The minimum atomic E-state index is -3.45. The molecular formula is C17H17FN2O3S. The van der Waals surface area contributed by atoms with E-state index in [0.29, 0.717) is 23.4 Å². The van der Waals surface area contributed by atoms with Crippen molar-refractivity contribution in [1.29, 1.82) is 0 Å². The van der Waals surface area contributed by atoms with Crippen molar-refractivity contribution in [1.82, 2.24) is 0 Å². The largest absolute Gasteiger partial charge is 0.324 e. The van der Waals surface area contributed by atoms with E-state index in [4.69, 9.17) is 0 Å². The molecule has 3 rings (SSSR count). The van der Waals surface area contributed by atoms with Crippen molar-refractivity contribution in [3.05, 3.63) is 59.9 Å². The number of sulfonamides is 1. The molecule has 1 aliphatic carbocycles. The molecule has 1 amide bonds. The monoisotopic (exact) mass is 348 g/mol. The van der Waals surface area contributed by atoms with E-state index in [1.54, 1.807) is 42.5 Å². The van der Waals surface area contributed by atoms with Crippen LogP contribution in [-0.2, 0) is 14.8 Å². The fraction of sp³-hybridized carbons (Fsp3) is 0.235. The van der Waals surface area contributed by atoms with Gasteiger partial charge in [0.2, 0.25) is 15.9 Å². The fourth-order valence-electron chi connectivity index (χ4n) is 2.71. The van der Waals surface area contributed by atoms with Gasteiger partial charge in [0.15, 0.2) is 0 Å². The van der Waals surface area contributed by atoms with Gasteiger partial charge in [-0.25, -0.2) is 12.8 Å². The van der Waals surface area contributed by atoms with E-state index < -0.39 is 10.0 Å². The number of hydrogen-bond donors (Lipinski definition) is 2. The molecule has 2 N–H and O–H groups in total. The summed E-state index contributed by atoms with van der Waals surface area (Å²) in [7, 11) is -3.45. The van der Waals surface area contributed by atoms with Gasteiger partial charge in [-0.2, -0.15) is 0 Å². The maximum Gasteiger partial charge on any atom is 0.229 e. The molecule has 2 atom stereocenters. The van der Waals surface area contributed by atoms with E-state index in [-0.39, 0.29) is 23.6 Å². The van der Waals surface area contributed by atoms with Crippen LogP contribution < -0.4 is 10.0 Å². The van der Waals surface area contributed by atoms with Crippen LogP contribution in [0.2, 0.25) is 0 Å². The third kappa shape index (κ3) is 3.73. The van der Waals surface area contributed by atoms with Gasteiger partial charge in [0.1, 0.15) is 5.82 Å². The standard InChI is InChI=1S/C17H17FN2O3S/c1-24(22,23)20-16-9-5-4-8-15(16)19-17(21)13-10-12(13)11-6-2-3-7-14(11)18/h2-9,12-13,20H,10H2,1H3,(H,19,21). The maximum absolute atomic E-state index is 13.8. The van der Waals surface area contributed by atoms with Gasteiger partial charge in [-0.1, -0.05) is 30.3 Å². The topological polar surface area (TPSA) is 75.3 Å². The number of anilines is 2. The number of nitrogens with one attached hydrogen (secondary N) is 2. The molecule has 2 aromatic carbocycles. The van der Waals surface area contributed by atoms with Crippen LogP contribution in [0.4, 0.5) is 15.8 Å². The van der Waals surface area contributed by atoms with Crippen LogP contribution in [0.1, 0.15) is 17.9 Å². The van der Waals surface area contributed by atoms with Crippen LogP contribution >= 0.6 is 0 Å². The lowest BCUT2D eigenvalue weighted by Gasteiger charge is -2.12. The minimum Gasteiger partial charge on any atom is -0.324 e. The molecule has 5 nitrogen and oxygen atoms in total. The van der Waals surface area contributed by atoms with Crippen molar-refractivity contribution in [2.24, 2.45) is 5.92 Å². The number of benzene rings is 2. The number of halogens is 1. The predicted octanol–water partition coefficient (Wildman–Crippen LogP) is 2.94. The molecule has 0 aromatic heterocycles. The highest BCUT2D eigenvalue weighted by Gasteiger charge is 2.45. The first-order valence-corrected chi connectivity index (χ1v) is 9.36. The molecule has 7 heteroatoms. The highest BCUT2D eigenvalue weighted by atomic mass is 32.2. The van der Waals surface area contributed by atoms with E-state index in [2.05, 4.69) is 10.0 Å². The normalized spacial score (nSPS) is 19.6. The van der Waals surface area contributed by atoms with Crippen molar-refractivity contribution in [3.63, 3.8) is 0 Å². The third-order valence-electron chi connectivity index (χ3n) is 3.91. The van der Waals surface area contributed by atoms with Crippen LogP contribution in [0.25, 0.3) is 0 Å². The molecule has 0 heterocycles. The summed E-state index contributed by atoms with van der Waals surface area (Å²) in [4.78, 5) is 12.4. The molecule has 0 aliphatic heterocycles. The average molecular weight is 348 g/mol. The Kier molecular flexibility index (Phi) is 4.28. The zero-order valence-electron chi connectivity index (χ0n) is 13.0. The van der Waals surface area contributed by atoms with Gasteiger partial charge in [-0.3, -0.25) is 9.52 Å². The van der Waals surface area contributed by atoms with Crippen LogP contribution in [0.15, 0.2) is 48.5 Å². The summed E-state index contributed by atoms with van der Waals surface area (Å²) in [5, 5.41) is 2.73. The van der Waals surface area contributed by atoms with Gasteiger partial charge < -0.3 is 5.32 Å². The second-order valence-corrected chi connectivity index (χ2v) is 7.63. The fourth-order valence-corrected chi connectivity index (χ4v) is 3.29. The summed E-state index contributed by atoms with van der Waals surface area (Å²) in [5.74, 6) is -1.00. The van der Waals surface area contributed by atoms with Gasteiger partial charge in [0.25, 0.3) is 0 Å². The third-order valence-corrected chi connectivity index (χ3v) is 4.50. The van der Waals surface area contributed by atoms with E-state index in [1.165, 1.54) is 6.07 Å². The number of rotatable bonds is 5. The Morgan fingerprint density at radius 3 is 2.38 bits per heavy atom. The summed E-state index contributed by atoms with van der Waals surface area (Å²) in [6.45, 7) is 0. The van der Waals surface area contributed by atoms with Crippen molar-refractivity contribution >= 4 is 27.3 Å². The Morgan fingerprint density at radius 2 is 1.71 bits per heavy atom. The van der Waals surface area contributed by atoms with Gasteiger partial charge >= 0.3 is 0 Å². The number of carbonyl (C=O) groups excluding carboxylic acids is 1. The molecule has 0 spiro atoms. The van der Waals surface area contributed by atoms with E-state index in [9.17, 15) is 17.6 Å². The van der Waals surface area contributed by atoms with Crippen LogP contribution in [0, 0.1) is 11.7 Å². The van der Waals surface area contributed by atoms with Gasteiger partial charge in [0, 0.05) is 5.92 Å². The molecule has 2 aromatic rings. The molecule has 1 fully saturated rings. The second kappa shape index (κ2) is 6.24. The highest BCUT2D eigenvalue weighted by molar-refractivity contribution is 7.92. The molecule has 0 saturated heterocycles. The first-order valence-electron chi connectivity index (χ1n) is 7.47. The summed E-state index contributed by atoms with van der Waals surface area (Å²) in [6, 6.07) is 13.0. The highest BCUT2D eigenvalue weighted by Crippen LogP contribution is 2.48. The predicted molar refractivity (Wildman–Crippen MR) is 90.8 cm³/mol. The second-order valence-electron chi connectivity index (χ2n) is 5.88. The Bertz CT molecular complexity index is 883. The summed E-state index contributed by atoms with van der Waals surface area (Å²) in [5.41, 5.74) is 1.23.